The number of hydrogen-bond acceptors (Lipinski definition) is 1. The van der Waals surface area contributed by atoms with E-state index in [0.717, 1.165) is 30.4 Å². The topological polar surface area (TPSA) is 20.2 Å². The zero-order chi connectivity index (χ0) is 10.1. The summed E-state index contributed by atoms with van der Waals surface area (Å²) < 4.78 is 13.1. The van der Waals surface area contributed by atoms with Gasteiger partial charge in [-0.2, -0.15) is 0 Å². The second-order valence-corrected chi connectivity index (χ2v) is 4.17. The molecule has 1 aliphatic rings. The largest absolute Gasteiger partial charge is 0.392 e. The molecule has 0 aliphatic heterocycles. The van der Waals surface area contributed by atoms with Crippen LogP contribution in [-0.2, 0) is 0 Å². The number of rotatable bonds is 1. The molecule has 0 saturated heterocycles. The van der Waals surface area contributed by atoms with Gasteiger partial charge in [-0.05, 0) is 43.0 Å². The first-order chi connectivity index (χ1) is 6.66. The molecule has 0 radical (unpaired) electrons. The minimum absolute atomic E-state index is 0.143. The predicted octanol–water partition coefficient (Wildman–Crippen LogP) is 2.76. The van der Waals surface area contributed by atoms with E-state index in [1.165, 1.54) is 6.07 Å². The van der Waals surface area contributed by atoms with Gasteiger partial charge in [-0.25, -0.2) is 4.39 Å². The van der Waals surface area contributed by atoms with Gasteiger partial charge in [0.25, 0.3) is 0 Å². The van der Waals surface area contributed by atoms with E-state index in [1.807, 2.05) is 13.0 Å². The Morgan fingerprint density at radius 1 is 1.29 bits per heavy atom. The van der Waals surface area contributed by atoms with Gasteiger partial charge in [0.2, 0.25) is 0 Å². The average molecular weight is 194 g/mol. The summed E-state index contributed by atoms with van der Waals surface area (Å²) in [5.74, 6) is -0.0523. The maximum Gasteiger partial charge on any atom is 0.123 e. The van der Waals surface area contributed by atoms with Crippen LogP contribution in [0.5, 0.6) is 0 Å². The molecular formula is C12H15FO. The molecule has 0 unspecified atom stereocenters. The lowest BCUT2D eigenvalue weighted by molar-refractivity contribution is 0.163. The number of hydrogen-bond donors (Lipinski definition) is 1. The zero-order valence-electron chi connectivity index (χ0n) is 8.33. The average Bonchev–Trinajstić information content (AvgIpc) is 2.49. The van der Waals surface area contributed by atoms with Gasteiger partial charge in [-0.15, -0.1) is 0 Å². The Labute approximate surface area is 83.6 Å². The third-order valence-electron chi connectivity index (χ3n) is 2.97. The molecule has 2 rings (SSSR count). The Balaban J connectivity index is 2.31. The third-order valence-corrected chi connectivity index (χ3v) is 2.97. The molecular weight excluding hydrogens is 179 g/mol. The van der Waals surface area contributed by atoms with Crippen molar-refractivity contribution in [1.82, 2.24) is 0 Å². The second-order valence-electron chi connectivity index (χ2n) is 4.17. The van der Waals surface area contributed by atoms with E-state index in [1.54, 1.807) is 6.07 Å². The fourth-order valence-electron chi connectivity index (χ4n) is 2.31. The normalized spacial score (nSPS) is 26.8. The van der Waals surface area contributed by atoms with Crippen LogP contribution in [0.15, 0.2) is 18.2 Å². The second kappa shape index (κ2) is 3.70. The molecule has 1 aromatic carbocycles. The highest BCUT2D eigenvalue weighted by molar-refractivity contribution is 5.28. The van der Waals surface area contributed by atoms with Gasteiger partial charge in [0.15, 0.2) is 0 Å². The van der Waals surface area contributed by atoms with Crippen molar-refractivity contribution in [2.24, 2.45) is 0 Å². The molecule has 2 atom stereocenters. The minimum Gasteiger partial charge on any atom is -0.392 e. The van der Waals surface area contributed by atoms with Crippen LogP contribution < -0.4 is 0 Å². The maximum absolute atomic E-state index is 13.1. The van der Waals surface area contributed by atoms with Crippen molar-refractivity contribution in [2.75, 3.05) is 0 Å². The molecule has 76 valence electrons. The van der Waals surface area contributed by atoms with Crippen LogP contribution in [0, 0.1) is 12.7 Å². The molecule has 1 N–H and O–H groups in total. The van der Waals surface area contributed by atoms with Crippen molar-refractivity contribution in [2.45, 2.75) is 38.2 Å². The summed E-state index contributed by atoms with van der Waals surface area (Å²) in [6.45, 7) is 1.88. The van der Waals surface area contributed by atoms with E-state index in [0.29, 0.717) is 0 Å². The lowest BCUT2D eigenvalue weighted by Crippen LogP contribution is -2.11. The van der Waals surface area contributed by atoms with Gasteiger partial charge in [-0.1, -0.05) is 12.5 Å². The molecule has 0 aromatic heterocycles. The van der Waals surface area contributed by atoms with Gasteiger partial charge in [0, 0.05) is 5.92 Å². The number of aliphatic hydroxyl groups is 1. The first-order valence-corrected chi connectivity index (χ1v) is 5.12. The Bertz CT molecular complexity index is 315. The molecule has 1 nitrogen and oxygen atoms in total. The van der Waals surface area contributed by atoms with Gasteiger partial charge in [0.1, 0.15) is 5.82 Å². The first kappa shape index (κ1) is 9.66. The fourth-order valence-corrected chi connectivity index (χ4v) is 2.31. The van der Waals surface area contributed by atoms with Crippen LogP contribution in [0.25, 0.3) is 0 Å². The summed E-state index contributed by atoms with van der Waals surface area (Å²) in [6.07, 6.45) is 2.59. The smallest absolute Gasteiger partial charge is 0.123 e. The number of aliphatic hydroxyl groups excluding tert-OH is 1. The quantitative estimate of drug-likeness (QED) is 0.728. The highest BCUT2D eigenvalue weighted by atomic mass is 19.1. The lowest BCUT2D eigenvalue weighted by Gasteiger charge is -2.15. The Morgan fingerprint density at radius 2 is 2.07 bits per heavy atom. The van der Waals surface area contributed by atoms with Crippen LogP contribution in [0.4, 0.5) is 4.39 Å². The van der Waals surface area contributed by atoms with Gasteiger partial charge >= 0.3 is 0 Å². The highest BCUT2D eigenvalue weighted by Gasteiger charge is 2.26. The maximum atomic E-state index is 13.1. The van der Waals surface area contributed by atoms with Crippen LogP contribution in [0.2, 0.25) is 0 Å². The molecule has 0 spiro atoms. The van der Waals surface area contributed by atoms with Gasteiger partial charge < -0.3 is 5.11 Å². The summed E-state index contributed by atoms with van der Waals surface area (Å²) in [5.41, 5.74) is 1.88. The molecule has 1 saturated carbocycles. The molecule has 14 heavy (non-hydrogen) atoms. The number of aryl methyl sites for hydroxylation is 1. The zero-order valence-corrected chi connectivity index (χ0v) is 8.33. The van der Waals surface area contributed by atoms with Crippen molar-refractivity contribution in [3.63, 3.8) is 0 Å². The Kier molecular flexibility index (Phi) is 2.55. The predicted molar refractivity (Wildman–Crippen MR) is 53.7 cm³/mol. The molecule has 2 heteroatoms. The number of benzene rings is 1. The Hall–Kier alpha value is -0.890. The van der Waals surface area contributed by atoms with Crippen molar-refractivity contribution in [3.05, 3.63) is 35.1 Å². The standard InChI is InChI=1S/C12H15FO/c1-8-5-9(7-10(13)6-8)11-3-2-4-12(11)14/h5-7,11-12,14H,2-4H2,1H3/t11-,12+/m0/s1. The van der Waals surface area contributed by atoms with E-state index in [9.17, 15) is 9.50 Å². The monoisotopic (exact) mass is 194 g/mol. The van der Waals surface area contributed by atoms with Crippen LogP contribution in [0.1, 0.15) is 36.3 Å². The number of halogens is 1. The lowest BCUT2D eigenvalue weighted by atomic mass is 9.94. The third kappa shape index (κ3) is 1.80. The molecule has 0 amide bonds. The SMILES string of the molecule is Cc1cc(F)cc([C@@H]2CCC[C@H]2O)c1. The van der Waals surface area contributed by atoms with Crippen molar-refractivity contribution < 1.29 is 9.50 Å². The van der Waals surface area contributed by atoms with Gasteiger partial charge in [-0.3, -0.25) is 0 Å². The van der Waals surface area contributed by atoms with Gasteiger partial charge in [0.05, 0.1) is 6.10 Å². The molecule has 1 aliphatic carbocycles. The van der Waals surface area contributed by atoms with Crippen LogP contribution in [-0.4, -0.2) is 11.2 Å². The summed E-state index contributed by atoms with van der Waals surface area (Å²) in [5, 5.41) is 9.70. The Morgan fingerprint density at radius 3 is 2.64 bits per heavy atom. The fraction of sp³-hybridized carbons (Fsp3) is 0.500. The van der Waals surface area contributed by atoms with E-state index < -0.39 is 0 Å². The summed E-state index contributed by atoms with van der Waals surface area (Å²) in [4.78, 5) is 0. The van der Waals surface area contributed by atoms with Crippen molar-refractivity contribution in [3.8, 4) is 0 Å². The molecule has 0 heterocycles. The van der Waals surface area contributed by atoms with Crippen LogP contribution in [0.3, 0.4) is 0 Å². The molecule has 0 bridgehead atoms. The minimum atomic E-state index is -0.281. The van der Waals surface area contributed by atoms with E-state index >= 15 is 0 Å². The van der Waals surface area contributed by atoms with E-state index in [4.69, 9.17) is 0 Å². The summed E-state index contributed by atoms with van der Waals surface area (Å²) >= 11 is 0. The highest BCUT2D eigenvalue weighted by Crippen LogP contribution is 2.35. The van der Waals surface area contributed by atoms with E-state index in [2.05, 4.69) is 0 Å². The van der Waals surface area contributed by atoms with Crippen molar-refractivity contribution in [1.29, 1.82) is 0 Å². The molecule has 1 aromatic rings. The summed E-state index contributed by atoms with van der Waals surface area (Å²) in [6, 6.07) is 5.04. The summed E-state index contributed by atoms with van der Waals surface area (Å²) in [7, 11) is 0. The first-order valence-electron chi connectivity index (χ1n) is 5.12. The van der Waals surface area contributed by atoms with Crippen LogP contribution >= 0.6 is 0 Å². The van der Waals surface area contributed by atoms with Crippen molar-refractivity contribution >= 4 is 0 Å². The van der Waals surface area contributed by atoms with E-state index in [-0.39, 0.29) is 17.8 Å². The molecule has 1 fully saturated rings.